The van der Waals surface area contributed by atoms with Gasteiger partial charge in [0.2, 0.25) is 5.91 Å². The average Bonchev–Trinajstić information content (AvgIpc) is 2.62. The Morgan fingerprint density at radius 1 is 0.808 bits per heavy atom. The second-order valence-corrected chi connectivity index (χ2v) is 6.56. The summed E-state index contributed by atoms with van der Waals surface area (Å²) in [5, 5.41) is 0.792. The summed E-state index contributed by atoms with van der Waals surface area (Å²) in [5.41, 5.74) is 10.5. The largest absolute Gasteiger partial charge is 0.366 e. The molecule has 26 heavy (non-hydrogen) atoms. The highest BCUT2D eigenvalue weighted by molar-refractivity contribution is 6.30. The number of rotatable bonds is 6. The molecule has 3 aromatic rings. The van der Waals surface area contributed by atoms with E-state index in [4.69, 9.17) is 17.3 Å². The van der Waals surface area contributed by atoms with Gasteiger partial charge in [0.05, 0.1) is 0 Å². The maximum Gasteiger partial charge on any atom is 0.248 e. The van der Waals surface area contributed by atoms with Crippen molar-refractivity contribution in [2.24, 2.45) is 5.73 Å². The molecule has 0 spiro atoms. The van der Waals surface area contributed by atoms with Crippen molar-refractivity contribution in [2.75, 3.05) is 0 Å². The van der Waals surface area contributed by atoms with Gasteiger partial charge in [-0.2, -0.15) is 0 Å². The van der Waals surface area contributed by atoms with Gasteiger partial charge in [0, 0.05) is 10.6 Å². The molecule has 2 N–H and O–H groups in total. The number of hydrogen-bond acceptors (Lipinski definition) is 1. The van der Waals surface area contributed by atoms with Gasteiger partial charge in [0.15, 0.2) is 0 Å². The van der Waals surface area contributed by atoms with Crippen LogP contribution in [0.4, 0.5) is 0 Å². The van der Waals surface area contributed by atoms with E-state index in [2.05, 4.69) is 30.3 Å². The van der Waals surface area contributed by atoms with Crippen LogP contribution >= 0.6 is 24.0 Å². The minimum absolute atomic E-state index is 0. The first-order valence-electron chi connectivity index (χ1n) is 8.35. The highest BCUT2D eigenvalue weighted by Gasteiger charge is 2.04. The Morgan fingerprint density at radius 3 is 2.19 bits per heavy atom. The molecule has 0 atom stereocenters. The quantitative estimate of drug-likeness (QED) is 0.580. The third-order valence-electron chi connectivity index (χ3n) is 4.25. The fourth-order valence-corrected chi connectivity index (χ4v) is 3.12. The molecule has 0 radical (unpaired) electrons. The Labute approximate surface area is 165 Å². The summed E-state index contributed by atoms with van der Waals surface area (Å²) in [6.45, 7) is 0. The molecular weight excluding hydrogens is 365 g/mol. The zero-order valence-corrected chi connectivity index (χ0v) is 15.9. The lowest BCUT2D eigenvalue weighted by molar-refractivity contribution is 0.100. The van der Waals surface area contributed by atoms with Crippen LogP contribution in [-0.2, 0) is 12.8 Å². The Kier molecular flexibility index (Phi) is 7.26. The van der Waals surface area contributed by atoms with Gasteiger partial charge in [-0.25, -0.2) is 0 Å². The summed E-state index contributed by atoms with van der Waals surface area (Å²) in [7, 11) is 0. The molecule has 0 heterocycles. The SMILES string of the molecule is Cl.NC(=O)c1cccc(-c2ccc(CCCc3cccc(Cl)c3)cc2)c1. The standard InChI is InChI=1S/C22H20ClNO.ClH/c23-21-9-2-6-17(14-21)5-1-4-16-10-12-18(13-11-16)19-7-3-8-20(15-19)22(24)25;/h2-3,6-15H,1,4-5H2,(H2,24,25);1H. The fourth-order valence-electron chi connectivity index (χ4n) is 2.90. The molecule has 0 fully saturated rings. The lowest BCUT2D eigenvalue weighted by atomic mass is 9.99. The number of halogens is 2. The first-order valence-corrected chi connectivity index (χ1v) is 8.73. The van der Waals surface area contributed by atoms with Crippen LogP contribution in [0.2, 0.25) is 5.02 Å². The number of primary amides is 1. The van der Waals surface area contributed by atoms with Crippen LogP contribution in [0.15, 0.2) is 72.8 Å². The van der Waals surface area contributed by atoms with E-state index < -0.39 is 5.91 Å². The Morgan fingerprint density at radius 2 is 1.50 bits per heavy atom. The zero-order chi connectivity index (χ0) is 17.6. The van der Waals surface area contributed by atoms with Gasteiger partial charge >= 0.3 is 0 Å². The molecule has 3 aromatic carbocycles. The second kappa shape index (κ2) is 9.42. The van der Waals surface area contributed by atoms with Gasteiger partial charge in [0.25, 0.3) is 0 Å². The van der Waals surface area contributed by atoms with Gasteiger partial charge < -0.3 is 5.73 Å². The summed E-state index contributed by atoms with van der Waals surface area (Å²) in [6.07, 6.45) is 3.12. The van der Waals surface area contributed by atoms with E-state index in [9.17, 15) is 4.79 Å². The van der Waals surface area contributed by atoms with Gasteiger partial charge in [-0.15, -0.1) is 12.4 Å². The van der Waals surface area contributed by atoms with Crippen LogP contribution in [0.3, 0.4) is 0 Å². The normalized spacial score (nSPS) is 10.2. The number of carbonyl (C=O) groups excluding carboxylic acids is 1. The summed E-state index contributed by atoms with van der Waals surface area (Å²) in [5.74, 6) is -0.403. The monoisotopic (exact) mass is 385 g/mol. The second-order valence-electron chi connectivity index (χ2n) is 6.13. The van der Waals surface area contributed by atoms with Crippen molar-refractivity contribution in [3.05, 3.63) is 94.5 Å². The van der Waals surface area contributed by atoms with Crippen LogP contribution in [0.5, 0.6) is 0 Å². The predicted molar refractivity (Wildman–Crippen MR) is 111 cm³/mol. The Balaban J connectivity index is 0.00000243. The van der Waals surface area contributed by atoms with Gasteiger partial charge in [-0.3, -0.25) is 4.79 Å². The zero-order valence-electron chi connectivity index (χ0n) is 14.3. The van der Waals surface area contributed by atoms with Crippen LogP contribution in [-0.4, -0.2) is 5.91 Å². The first kappa shape index (κ1) is 20.0. The molecular formula is C22H21Cl2NO. The van der Waals surface area contributed by atoms with Crippen molar-refractivity contribution in [3.63, 3.8) is 0 Å². The van der Waals surface area contributed by atoms with Gasteiger partial charge in [0.1, 0.15) is 0 Å². The van der Waals surface area contributed by atoms with Crippen molar-refractivity contribution in [1.29, 1.82) is 0 Å². The highest BCUT2D eigenvalue weighted by atomic mass is 35.5. The Bertz CT molecular complexity index is 875. The van der Waals surface area contributed by atoms with Crippen molar-refractivity contribution < 1.29 is 4.79 Å². The molecule has 0 aliphatic carbocycles. The van der Waals surface area contributed by atoms with Crippen molar-refractivity contribution in [3.8, 4) is 11.1 Å². The molecule has 0 unspecified atom stereocenters. The fraction of sp³-hybridized carbons (Fsp3) is 0.136. The number of nitrogens with two attached hydrogens (primary N) is 1. The molecule has 4 heteroatoms. The minimum atomic E-state index is -0.403. The molecule has 0 saturated carbocycles. The molecule has 134 valence electrons. The molecule has 0 aliphatic heterocycles. The number of hydrogen-bond donors (Lipinski definition) is 1. The number of carbonyl (C=O) groups is 1. The van der Waals surface area contributed by atoms with E-state index in [0.29, 0.717) is 5.56 Å². The third kappa shape index (κ3) is 5.35. The van der Waals surface area contributed by atoms with Crippen molar-refractivity contribution >= 4 is 29.9 Å². The van der Waals surface area contributed by atoms with Crippen LogP contribution in [0.25, 0.3) is 11.1 Å². The summed E-state index contributed by atoms with van der Waals surface area (Å²) in [4.78, 5) is 11.3. The molecule has 1 amide bonds. The molecule has 0 saturated heterocycles. The lowest BCUT2D eigenvalue weighted by Gasteiger charge is -2.06. The number of benzene rings is 3. The van der Waals surface area contributed by atoms with E-state index >= 15 is 0 Å². The molecule has 0 aromatic heterocycles. The Hall–Kier alpha value is -2.29. The topological polar surface area (TPSA) is 43.1 Å². The van der Waals surface area contributed by atoms with Crippen LogP contribution < -0.4 is 5.73 Å². The van der Waals surface area contributed by atoms with E-state index in [1.165, 1.54) is 11.1 Å². The van der Waals surface area contributed by atoms with Crippen molar-refractivity contribution in [2.45, 2.75) is 19.3 Å². The van der Waals surface area contributed by atoms with E-state index in [0.717, 1.165) is 35.4 Å². The van der Waals surface area contributed by atoms with E-state index in [1.807, 2.05) is 36.4 Å². The van der Waals surface area contributed by atoms with Gasteiger partial charge in [-0.1, -0.05) is 60.1 Å². The molecule has 0 aliphatic rings. The number of aryl methyl sites for hydroxylation is 2. The van der Waals surface area contributed by atoms with E-state index in [1.54, 1.807) is 6.07 Å². The number of amides is 1. The average molecular weight is 386 g/mol. The van der Waals surface area contributed by atoms with Crippen LogP contribution in [0.1, 0.15) is 27.9 Å². The highest BCUT2D eigenvalue weighted by Crippen LogP contribution is 2.22. The predicted octanol–water partition coefficient (Wildman–Crippen LogP) is 5.70. The maximum atomic E-state index is 11.3. The molecule has 2 nitrogen and oxygen atoms in total. The van der Waals surface area contributed by atoms with Crippen LogP contribution in [0, 0.1) is 0 Å². The van der Waals surface area contributed by atoms with E-state index in [-0.39, 0.29) is 12.4 Å². The first-order chi connectivity index (χ1) is 12.1. The van der Waals surface area contributed by atoms with Gasteiger partial charge in [-0.05, 0) is 65.8 Å². The maximum absolute atomic E-state index is 11.3. The third-order valence-corrected chi connectivity index (χ3v) is 4.49. The lowest BCUT2D eigenvalue weighted by Crippen LogP contribution is -2.10. The smallest absolute Gasteiger partial charge is 0.248 e. The summed E-state index contributed by atoms with van der Waals surface area (Å²) in [6, 6.07) is 23.9. The summed E-state index contributed by atoms with van der Waals surface area (Å²) >= 11 is 6.02. The molecule has 3 rings (SSSR count). The minimum Gasteiger partial charge on any atom is -0.366 e. The molecule has 0 bridgehead atoms. The van der Waals surface area contributed by atoms with Crippen molar-refractivity contribution in [1.82, 2.24) is 0 Å². The summed E-state index contributed by atoms with van der Waals surface area (Å²) < 4.78 is 0.